The molecule has 0 aliphatic heterocycles. The number of hydrogen-bond acceptors (Lipinski definition) is 4. The minimum atomic E-state index is -0.407. The molecule has 0 saturated carbocycles. The topological polar surface area (TPSA) is 58.1 Å². The number of nitrogens with zero attached hydrogens (tertiary/aromatic N) is 3. The Hall–Kier alpha value is -1.66. The Morgan fingerprint density at radius 3 is 2.45 bits per heavy atom. The standard InChI is InChI=1S/C13H15ClN4OS/c1-13(2,3)18(12-17-15-8-20-12)11(19)16-10-6-4-9(14)5-7-10/h4-8H,1-3H3,(H,16,19). The van der Waals surface area contributed by atoms with E-state index in [9.17, 15) is 4.79 Å². The maximum Gasteiger partial charge on any atom is 0.328 e. The summed E-state index contributed by atoms with van der Waals surface area (Å²) in [7, 11) is 0. The second kappa shape index (κ2) is 5.76. The fourth-order valence-corrected chi connectivity index (χ4v) is 2.53. The Morgan fingerprint density at radius 1 is 1.30 bits per heavy atom. The average molecular weight is 311 g/mol. The van der Waals surface area contributed by atoms with Gasteiger partial charge in [0.25, 0.3) is 0 Å². The number of nitrogens with one attached hydrogen (secondary N) is 1. The molecule has 0 bridgehead atoms. The number of urea groups is 1. The van der Waals surface area contributed by atoms with Crippen LogP contribution in [0.5, 0.6) is 0 Å². The number of benzene rings is 1. The average Bonchev–Trinajstić information content (AvgIpc) is 2.84. The van der Waals surface area contributed by atoms with Crippen molar-refractivity contribution in [1.82, 2.24) is 10.2 Å². The Kier molecular flexibility index (Phi) is 4.25. The minimum absolute atomic E-state index is 0.253. The third-order valence-electron chi connectivity index (χ3n) is 2.51. The molecule has 5 nitrogen and oxygen atoms in total. The molecule has 1 N–H and O–H groups in total. The van der Waals surface area contributed by atoms with Gasteiger partial charge in [-0.3, -0.25) is 4.90 Å². The number of carbonyl (C=O) groups is 1. The van der Waals surface area contributed by atoms with Crippen molar-refractivity contribution in [3.63, 3.8) is 0 Å². The fourth-order valence-electron chi connectivity index (χ4n) is 1.66. The van der Waals surface area contributed by atoms with E-state index in [0.717, 1.165) is 0 Å². The van der Waals surface area contributed by atoms with Crippen LogP contribution in [0.25, 0.3) is 0 Å². The summed E-state index contributed by atoms with van der Waals surface area (Å²) >= 11 is 7.15. The van der Waals surface area contributed by atoms with E-state index in [4.69, 9.17) is 11.6 Å². The maximum atomic E-state index is 12.5. The molecule has 2 rings (SSSR count). The number of rotatable bonds is 2. The van der Waals surface area contributed by atoms with E-state index in [2.05, 4.69) is 15.5 Å². The van der Waals surface area contributed by atoms with Crippen molar-refractivity contribution in [3.8, 4) is 0 Å². The summed E-state index contributed by atoms with van der Waals surface area (Å²) in [4.78, 5) is 14.0. The second-order valence-electron chi connectivity index (χ2n) is 5.16. The highest BCUT2D eigenvalue weighted by molar-refractivity contribution is 7.13. The lowest BCUT2D eigenvalue weighted by molar-refractivity contribution is 0.252. The lowest BCUT2D eigenvalue weighted by Crippen LogP contribution is -2.48. The Bertz CT molecular complexity index is 577. The van der Waals surface area contributed by atoms with Crippen LogP contribution >= 0.6 is 22.9 Å². The molecule has 0 atom stereocenters. The van der Waals surface area contributed by atoms with Gasteiger partial charge in [-0.05, 0) is 45.0 Å². The largest absolute Gasteiger partial charge is 0.328 e. The number of aromatic nitrogens is 2. The molecule has 2 aromatic rings. The third kappa shape index (κ3) is 3.46. The normalized spacial score (nSPS) is 11.2. The lowest BCUT2D eigenvalue weighted by atomic mass is 10.1. The highest BCUT2D eigenvalue weighted by Gasteiger charge is 2.30. The molecule has 0 unspecified atom stereocenters. The van der Waals surface area contributed by atoms with Crippen molar-refractivity contribution in [2.75, 3.05) is 10.2 Å². The van der Waals surface area contributed by atoms with Gasteiger partial charge in [-0.1, -0.05) is 22.9 Å². The van der Waals surface area contributed by atoms with Crippen LogP contribution in [0.2, 0.25) is 5.02 Å². The molecular weight excluding hydrogens is 296 g/mol. The van der Waals surface area contributed by atoms with Gasteiger partial charge < -0.3 is 5.32 Å². The zero-order valence-electron chi connectivity index (χ0n) is 11.4. The van der Waals surface area contributed by atoms with Gasteiger partial charge in [0.15, 0.2) is 0 Å². The van der Waals surface area contributed by atoms with E-state index in [-0.39, 0.29) is 6.03 Å². The molecule has 0 aliphatic carbocycles. The van der Waals surface area contributed by atoms with Gasteiger partial charge in [0.1, 0.15) is 5.51 Å². The molecule has 1 aromatic carbocycles. The highest BCUT2D eigenvalue weighted by Crippen LogP contribution is 2.26. The Morgan fingerprint density at radius 2 is 1.95 bits per heavy atom. The second-order valence-corrected chi connectivity index (χ2v) is 6.41. The smallest absolute Gasteiger partial charge is 0.307 e. The number of anilines is 2. The van der Waals surface area contributed by atoms with Crippen molar-refractivity contribution >= 4 is 39.8 Å². The number of amides is 2. The molecule has 1 aromatic heterocycles. The SMILES string of the molecule is CC(C)(C)N(C(=O)Nc1ccc(Cl)cc1)c1nncs1. The van der Waals surface area contributed by atoms with Gasteiger partial charge in [0, 0.05) is 16.2 Å². The van der Waals surface area contributed by atoms with E-state index in [1.807, 2.05) is 20.8 Å². The predicted octanol–water partition coefficient (Wildman–Crippen LogP) is 4.03. The zero-order chi connectivity index (χ0) is 14.8. The Balaban J connectivity index is 2.22. The van der Waals surface area contributed by atoms with Gasteiger partial charge in [0.05, 0.1) is 0 Å². The van der Waals surface area contributed by atoms with Gasteiger partial charge in [-0.25, -0.2) is 4.79 Å². The van der Waals surface area contributed by atoms with Crippen molar-refractivity contribution in [3.05, 3.63) is 34.8 Å². The summed E-state index contributed by atoms with van der Waals surface area (Å²) in [5.74, 6) is 0. The van der Waals surface area contributed by atoms with Crippen LogP contribution in [0.15, 0.2) is 29.8 Å². The van der Waals surface area contributed by atoms with E-state index >= 15 is 0 Å². The number of carbonyl (C=O) groups excluding carboxylic acids is 1. The van der Waals surface area contributed by atoms with Crippen LogP contribution in [0.4, 0.5) is 15.6 Å². The monoisotopic (exact) mass is 310 g/mol. The van der Waals surface area contributed by atoms with Crippen LogP contribution in [0.3, 0.4) is 0 Å². The van der Waals surface area contributed by atoms with E-state index in [1.54, 1.807) is 34.7 Å². The van der Waals surface area contributed by atoms with E-state index < -0.39 is 5.54 Å². The van der Waals surface area contributed by atoms with Crippen molar-refractivity contribution in [2.45, 2.75) is 26.3 Å². The highest BCUT2D eigenvalue weighted by atomic mass is 35.5. The zero-order valence-corrected chi connectivity index (χ0v) is 13.0. The fraction of sp³-hybridized carbons (Fsp3) is 0.308. The van der Waals surface area contributed by atoms with Gasteiger partial charge >= 0.3 is 6.03 Å². The molecule has 7 heteroatoms. The molecule has 0 radical (unpaired) electrons. The van der Waals surface area contributed by atoms with Crippen LogP contribution in [-0.4, -0.2) is 21.8 Å². The summed E-state index contributed by atoms with van der Waals surface area (Å²) in [5, 5.41) is 11.8. The number of hydrogen-bond donors (Lipinski definition) is 1. The summed E-state index contributed by atoms with van der Waals surface area (Å²) < 4.78 is 0. The van der Waals surface area contributed by atoms with Gasteiger partial charge in [0.2, 0.25) is 5.13 Å². The molecular formula is C13H15ClN4OS. The molecule has 0 aliphatic rings. The van der Waals surface area contributed by atoms with Crippen LogP contribution in [0, 0.1) is 0 Å². The van der Waals surface area contributed by atoms with E-state index in [1.165, 1.54) is 11.3 Å². The first kappa shape index (κ1) is 14.7. The van der Waals surface area contributed by atoms with Crippen molar-refractivity contribution in [2.24, 2.45) is 0 Å². The molecule has 20 heavy (non-hydrogen) atoms. The summed E-state index contributed by atoms with van der Waals surface area (Å²) in [6.45, 7) is 5.82. The van der Waals surface area contributed by atoms with Gasteiger partial charge in [-0.15, -0.1) is 10.2 Å². The van der Waals surface area contributed by atoms with Crippen molar-refractivity contribution in [1.29, 1.82) is 0 Å². The Labute approximate surface area is 126 Å². The summed E-state index contributed by atoms with van der Waals surface area (Å²) in [6, 6.07) is 6.70. The summed E-state index contributed by atoms with van der Waals surface area (Å²) in [5.41, 5.74) is 1.87. The molecule has 0 saturated heterocycles. The summed E-state index contributed by atoms with van der Waals surface area (Å²) in [6.07, 6.45) is 0. The quantitative estimate of drug-likeness (QED) is 0.911. The van der Waals surface area contributed by atoms with Crippen LogP contribution in [0.1, 0.15) is 20.8 Å². The first-order valence-electron chi connectivity index (χ1n) is 6.01. The number of halogens is 1. The molecule has 106 valence electrons. The van der Waals surface area contributed by atoms with Gasteiger partial charge in [-0.2, -0.15) is 0 Å². The predicted molar refractivity (Wildman–Crippen MR) is 82.6 cm³/mol. The minimum Gasteiger partial charge on any atom is -0.307 e. The van der Waals surface area contributed by atoms with Crippen LogP contribution < -0.4 is 10.2 Å². The van der Waals surface area contributed by atoms with E-state index in [0.29, 0.717) is 15.8 Å². The molecule has 0 spiro atoms. The first-order chi connectivity index (χ1) is 9.38. The van der Waals surface area contributed by atoms with Crippen LogP contribution in [-0.2, 0) is 0 Å². The molecule has 1 heterocycles. The third-order valence-corrected chi connectivity index (χ3v) is 3.44. The maximum absolute atomic E-state index is 12.5. The molecule has 0 fully saturated rings. The van der Waals surface area contributed by atoms with Crippen molar-refractivity contribution < 1.29 is 4.79 Å². The molecule has 2 amide bonds. The lowest BCUT2D eigenvalue weighted by Gasteiger charge is -2.32. The first-order valence-corrected chi connectivity index (χ1v) is 7.26.